The Bertz CT molecular complexity index is 643. The predicted octanol–water partition coefficient (Wildman–Crippen LogP) is 3.63. The van der Waals surface area contributed by atoms with Crippen LogP contribution >= 0.6 is 11.6 Å². The summed E-state index contributed by atoms with van der Waals surface area (Å²) >= 11 is 6.00. The molecule has 1 rings (SSSR count). The lowest BCUT2D eigenvalue weighted by Crippen LogP contribution is -2.46. The number of carbonyl (C=O) groups excluding carboxylic acids is 1. The number of hydrogen-bond donors (Lipinski definition) is 1. The Kier molecular flexibility index (Phi) is 7.68. The zero-order chi connectivity index (χ0) is 20.1. The molecule has 7 nitrogen and oxygen atoms in total. The zero-order valence-corrected chi connectivity index (χ0v) is 16.8. The summed E-state index contributed by atoms with van der Waals surface area (Å²) in [6.45, 7) is 9.56. The Morgan fingerprint density at radius 3 is 2.46 bits per heavy atom. The van der Waals surface area contributed by atoms with Crippen LogP contribution in [0, 0.1) is 5.92 Å². The number of pyridine rings is 1. The van der Waals surface area contributed by atoms with E-state index in [9.17, 15) is 14.7 Å². The molecule has 1 N–H and O–H groups in total. The van der Waals surface area contributed by atoms with Crippen molar-refractivity contribution in [2.24, 2.45) is 5.92 Å². The van der Waals surface area contributed by atoms with E-state index in [1.807, 2.05) is 13.8 Å². The van der Waals surface area contributed by atoms with Crippen LogP contribution in [0.5, 0.6) is 5.88 Å². The molecule has 1 amide bonds. The minimum atomic E-state index is -1.16. The molecule has 146 valence electrons. The third kappa shape index (κ3) is 7.07. The van der Waals surface area contributed by atoms with Gasteiger partial charge in [-0.2, -0.15) is 0 Å². The molecule has 1 aromatic rings. The molecule has 8 heteroatoms. The van der Waals surface area contributed by atoms with Crippen LogP contribution in [0.25, 0.3) is 0 Å². The van der Waals surface area contributed by atoms with E-state index in [0.717, 1.165) is 4.90 Å². The van der Waals surface area contributed by atoms with E-state index in [0.29, 0.717) is 23.1 Å². The fraction of sp³-hybridized carbons (Fsp3) is 0.611. The van der Waals surface area contributed by atoms with Crippen molar-refractivity contribution in [3.8, 4) is 5.88 Å². The number of likely N-dealkylation sites (N-methyl/N-ethyl adjacent to an activating group) is 1. The quantitative estimate of drug-likeness (QED) is 0.769. The Labute approximate surface area is 159 Å². The molecular formula is C18H27ClN2O5. The van der Waals surface area contributed by atoms with Gasteiger partial charge in [-0.3, -0.25) is 4.90 Å². The van der Waals surface area contributed by atoms with Gasteiger partial charge in [0.25, 0.3) is 0 Å². The number of carbonyl (C=O) groups is 2. The molecule has 0 saturated heterocycles. The smallest absolute Gasteiger partial charge is 0.410 e. The second kappa shape index (κ2) is 9.07. The molecule has 0 aromatic carbocycles. The highest BCUT2D eigenvalue weighted by Gasteiger charge is 2.31. The third-order valence-corrected chi connectivity index (χ3v) is 3.50. The monoisotopic (exact) mass is 386 g/mol. The predicted molar refractivity (Wildman–Crippen MR) is 98.7 cm³/mol. The van der Waals surface area contributed by atoms with Gasteiger partial charge in [0, 0.05) is 25.2 Å². The van der Waals surface area contributed by atoms with Crippen molar-refractivity contribution in [3.05, 3.63) is 22.8 Å². The van der Waals surface area contributed by atoms with Gasteiger partial charge in [-0.25, -0.2) is 14.6 Å². The average molecular weight is 387 g/mol. The van der Waals surface area contributed by atoms with Crippen LogP contribution in [0.4, 0.5) is 4.79 Å². The maximum Gasteiger partial charge on any atom is 0.410 e. The molecule has 1 heterocycles. The number of carboxylic acid groups (broad SMARTS) is 1. The van der Waals surface area contributed by atoms with E-state index < -0.39 is 23.7 Å². The van der Waals surface area contributed by atoms with E-state index in [2.05, 4.69) is 4.98 Å². The summed E-state index contributed by atoms with van der Waals surface area (Å²) in [6, 6.07) is 0.454. The first kappa shape index (κ1) is 22.0. The number of nitrogens with zero attached hydrogens (tertiary/aromatic N) is 2. The maximum atomic E-state index is 12.2. The Morgan fingerprint density at radius 2 is 1.96 bits per heavy atom. The van der Waals surface area contributed by atoms with Crippen LogP contribution in [0.15, 0.2) is 12.3 Å². The summed E-state index contributed by atoms with van der Waals surface area (Å²) in [4.78, 5) is 29.2. The molecule has 1 atom stereocenters. The number of hydrogen-bond acceptors (Lipinski definition) is 5. The number of aliphatic carboxylic acids is 1. The molecule has 26 heavy (non-hydrogen) atoms. The molecular weight excluding hydrogens is 360 g/mol. The van der Waals surface area contributed by atoms with Crippen molar-refractivity contribution < 1.29 is 24.2 Å². The van der Waals surface area contributed by atoms with Gasteiger partial charge < -0.3 is 14.6 Å². The van der Waals surface area contributed by atoms with Gasteiger partial charge in [-0.05, 0) is 32.8 Å². The maximum absolute atomic E-state index is 12.2. The normalized spacial score (nSPS) is 12.6. The van der Waals surface area contributed by atoms with Crippen molar-refractivity contribution in [3.63, 3.8) is 0 Å². The number of aromatic nitrogens is 1. The van der Waals surface area contributed by atoms with Crippen molar-refractivity contribution in [1.82, 2.24) is 9.88 Å². The van der Waals surface area contributed by atoms with E-state index >= 15 is 0 Å². The molecule has 0 fully saturated rings. The lowest BCUT2D eigenvalue weighted by Gasteiger charge is -2.28. The fourth-order valence-electron chi connectivity index (χ4n) is 2.05. The number of carboxylic acids is 1. The summed E-state index contributed by atoms with van der Waals surface area (Å²) in [5.74, 6) is -0.569. The lowest BCUT2D eigenvalue weighted by atomic mass is 10.1. The van der Waals surface area contributed by atoms with Gasteiger partial charge in [0.15, 0.2) is 0 Å². The second-order valence-electron chi connectivity index (χ2n) is 7.47. The van der Waals surface area contributed by atoms with Crippen molar-refractivity contribution >= 4 is 23.7 Å². The highest BCUT2D eigenvalue weighted by molar-refractivity contribution is 6.30. The number of amides is 1. The van der Waals surface area contributed by atoms with E-state index in [1.165, 1.54) is 13.2 Å². The summed E-state index contributed by atoms with van der Waals surface area (Å²) in [5, 5.41) is 9.95. The summed E-state index contributed by atoms with van der Waals surface area (Å²) in [7, 11) is 1.39. The van der Waals surface area contributed by atoms with Crippen LogP contribution in [0.3, 0.4) is 0 Å². The Morgan fingerprint density at radius 1 is 1.35 bits per heavy atom. The van der Waals surface area contributed by atoms with Gasteiger partial charge in [0.1, 0.15) is 11.6 Å². The zero-order valence-electron chi connectivity index (χ0n) is 16.1. The SMILES string of the molecule is CC(C)COc1ncc(Cl)cc1C[C@@H](C(=O)O)N(C)C(=O)OC(C)(C)C. The summed E-state index contributed by atoms with van der Waals surface area (Å²) in [6.07, 6.45) is 0.713. The van der Waals surface area contributed by atoms with Crippen molar-refractivity contribution in [2.75, 3.05) is 13.7 Å². The number of ether oxygens (including phenoxy) is 2. The first-order valence-corrected chi connectivity index (χ1v) is 8.74. The first-order valence-electron chi connectivity index (χ1n) is 8.36. The number of halogens is 1. The van der Waals surface area contributed by atoms with Crippen LogP contribution in [-0.2, 0) is 16.0 Å². The minimum absolute atomic E-state index is 0.00787. The number of rotatable bonds is 7. The van der Waals surface area contributed by atoms with Crippen molar-refractivity contribution in [2.45, 2.75) is 52.7 Å². The lowest BCUT2D eigenvalue weighted by molar-refractivity contribution is -0.142. The molecule has 0 unspecified atom stereocenters. The molecule has 0 spiro atoms. The van der Waals surface area contributed by atoms with Crippen LogP contribution in [0.2, 0.25) is 5.02 Å². The van der Waals surface area contributed by atoms with Gasteiger partial charge in [0.05, 0.1) is 11.6 Å². The van der Waals surface area contributed by atoms with Crippen molar-refractivity contribution in [1.29, 1.82) is 0 Å². The molecule has 0 aliphatic rings. The van der Waals surface area contributed by atoms with Gasteiger partial charge in [-0.15, -0.1) is 0 Å². The van der Waals surface area contributed by atoms with Gasteiger partial charge in [0.2, 0.25) is 5.88 Å². The van der Waals surface area contributed by atoms with Crippen LogP contribution in [-0.4, -0.2) is 52.4 Å². The van der Waals surface area contributed by atoms with Gasteiger partial charge in [-0.1, -0.05) is 25.4 Å². The highest BCUT2D eigenvalue weighted by Crippen LogP contribution is 2.23. The fourth-order valence-corrected chi connectivity index (χ4v) is 2.23. The third-order valence-electron chi connectivity index (χ3n) is 3.29. The standard InChI is InChI=1S/C18H27ClN2O5/c1-11(2)10-25-15-12(7-13(19)9-20-15)8-14(16(22)23)21(6)17(24)26-18(3,4)5/h7,9,11,14H,8,10H2,1-6H3,(H,22,23)/t14-/m0/s1. The Hall–Kier alpha value is -2.02. The molecule has 0 aliphatic carbocycles. The van der Waals surface area contributed by atoms with E-state index in [-0.39, 0.29) is 12.3 Å². The highest BCUT2D eigenvalue weighted by atomic mass is 35.5. The molecule has 0 aliphatic heterocycles. The van der Waals surface area contributed by atoms with E-state index in [1.54, 1.807) is 26.8 Å². The molecule has 0 saturated carbocycles. The minimum Gasteiger partial charge on any atom is -0.480 e. The average Bonchev–Trinajstić information content (AvgIpc) is 2.48. The molecule has 0 bridgehead atoms. The topological polar surface area (TPSA) is 89.0 Å². The van der Waals surface area contributed by atoms with Gasteiger partial charge >= 0.3 is 12.1 Å². The molecule has 1 aromatic heterocycles. The van der Waals surface area contributed by atoms with Crippen LogP contribution < -0.4 is 4.74 Å². The largest absolute Gasteiger partial charge is 0.480 e. The van der Waals surface area contributed by atoms with E-state index in [4.69, 9.17) is 21.1 Å². The summed E-state index contributed by atoms with van der Waals surface area (Å²) in [5.41, 5.74) is -0.210. The summed E-state index contributed by atoms with van der Waals surface area (Å²) < 4.78 is 10.9. The first-order chi connectivity index (χ1) is 11.9. The van der Waals surface area contributed by atoms with Crippen LogP contribution in [0.1, 0.15) is 40.2 Å². The molecule has 0 radical (unpaired) electrons. The Balaban J connectivity index is 3.05. The second-order valence-corrected chi connectivity index (χ2v) is 7.91.